The molecule has 3 aromatic rings. The van der Waals surface area contributed by atoms with E-state index in [1.807, 2.05) is 12.1 Å². The molecule has 5 rings (SSSR count). The standard InChI is InChI=1S/C31H37ClN2OS.2ClH/c32-31-9-5-4-8-29(31)24-34-17-12-25(13-18-34)16-21-36(35)30-11-10-27-14-19-33(20-15-28(27)22-30)23-26-6-2-1-3-7-26;;/h1-11,22,25H,12-21,23-24H2;2*1H. The van der Waals surface area contributed by atoms with Gasteiger partial charge in [0, 0.05) is 31.2 Å². The van der Waals surface area contributed by atoms with Crippen molar-refractivity contribution in [3.05, 3.63) is 100 Å². The second-order valence-corrected chi connectivity index (χ2v) is 12.3. The van der Waals surface area contributed by atoms with Crippen molar-refractivity contribution >= 4 is 47.6 Å². The predicted octanol–water partition coefficient (Wildman–Crippen LogP) is 7.19. The van der Waals surface area contributed by atoms with E-state index in [0.29, 0.717) is 5.92 Å². The number of benzene rings is 3. The molecule has 0 spiro atoms. The molecular formula is C31H39Cl3N2OS. The van der Waals surface area contributed by atoms with Crippen molar-refractivity contribution in [3.8, 4) is 0 Å². The lowest BCUT2D eigenvalue weighted by Gasteiger charge is -2.32. The molecule has 2 aliphatic rings. The number of hydrogen-bond acceptors (Lipinski definition) is 3. The van der Waals surface area contributed by atoms with Gasteiger partial charge in [-0.3, -0.25) is 9.80 Å². The summed E-state index contributed by atoms with van der Waals surface area (Å²) in [4.78, 5) is 6.06. The van der Waals surface area contributed by atoms with E-state index in [1.54, 1.807) is 0 Å². The molecule has 38 heavy (non-hydrogen) atoms. The Hall–Kier alpha value is -1.24. The van der Waals surface area contributed by atoms with Gasteiger partial charge in [0.05, 0.1) is 0 Å². The molecule has 1 atom stereocenters. The first-order valence-corrected chi connectivity index (χ1v) is 15.1. The van der Waals surface area contributed by atoms with Crippen molar-refractivity contribution in [3.63, 3.8) is 0 Å². The zero-order valence-corrected chi connectivity index (χ0v) is 25.1. The molecule has 0 saturated carbocycles. The molecule has 1 saturated heterocycles. The van der Waals surface area contributed by atoms with E-state index in [4.69, 9.17) is 11.6 Å². The summed E-state index contributed by atoms with van der Waals surface area (Å²) in [6, 6.07) is 25.5. The van der Waals surface area contributed by atoms with Gasteiger partial charge in [-0.05, 0) is 103 Å². The molecule has 7 heteroatoms. The molecule has 0 N–H and O–H groups in total. The number of piperidine rings is 1. The van der Waals surface area contributed by atoms with Crippen molar-refractivity contribution in [2.24, 2.45) is 5.92 Å². The number of nitrogens with zero attached hydrogens (tertiary/aromatic N) is 2. The van der Waals surface area contributed by atoms with Crippen LogP contribution in [0.4, 0.5) is 0 Å². The number of hydrogen-bond donors (Lipinski definition) is 0. The van der Waals surface area contributed by atoms with Crippen LogP contribution in [0.25, 0.3) is 0 Å². The fourth-order valence-electron chi connectivity index (χ4n) is 5.58. The molecule has 3 nitrogen and oxygen atoms in total. The second-order valence-electron chi connectivity index (χ2n) is 10.3. The van der Waals surface area contributed by atoms with Crippen LogP contribution in [0.2, 0.25) is 5.02 Å². The van der Waals surface area contributed by atoms with E-state index in [1.165, 1.54) is 35.1 Å². The Balaban J connectivity index is 0.00000200. The molecule has 1 fully saturated rings. The van der Waals surface area contributed by atoms with Crippen LogP contribution < -0.4 is 0 Å². The maximum atomic E-state index is 13.2. The van der Waals surface area contributed by atoms with Gasteiger partial charge in [0.2, 0.25) is 0 Å². The minimum absolute atomic E-state index is 0. The smallest absolute Gasteiger partial charge is 0.152 e. The maximum Gasteiger partial charge on any atom is 0.152 e. The summed E-state index contributed by atoms with van der Waals surface area (Å²) in [6.45, 7) is 6.27. The Morgan fingerprint density at radius 1 is 0.763 bits per heavy atom. The van der Waals surface area contributed by atoms with Gasteiger partial charge in [0.15, 0.2) is 4.90 Å². The van der Waals surface area contributed by atoms with Crippen LogP contribution in [-0.2, 0) is 37.1 Å². The average molecular weight is 594 g/mol. The third-order valence-electron chi connectivity index (χ3n) is 7.85. The van der Waals surface area contributed by atoms with Crippen molar-refractivity contribution in [2.75, 3.05) is 31.9 Å². The van der Waals surface area contributed by atoms with Crippen molar-refractivity contribution < 1.29 is 4.55 Å². The first kappa shape index (κ1) is 31.3. The zero-order valence-electron chi connectivity index (χ0n) is 21.9. The Morgan fingerprint density at radius 3 is 2.16 bits per heavy atom. The molecule has 2 heterocycles. The number of rotatable bonds is 8. The summed E-state index contributed by atoms with van der Waals surface area (Å²) in [6.07, 6.45) is 5.53. The summed E-state index contributed by atoms with van der Waals surface area (Å²) in [7, 11) is 0. The van der Waals surface area contributed by atoms with Crippen LogP contribution >= 0.6 is 36.4 Å². The Morgan fingerprint density at radius 2 is 1.42 bits per heavy atom. The highest BCUT2D eigenvalue weighted by molar-refractivity contribution is 7.91. The molecule has 0 aromatic heterocycles. The quantitative estimate of drug-likeness (QED) is 0.259. The second kappa shape index (κ2) is 15.5. The SMILES string of the molecule is Cl.Cl.[O-][S+](CCC1CCN(Cc2ccccc2Cl)CC1)c1ccc2c(c1)CCN(Cc1ccccc1)CC2. The number of halogens is 3. The minimum atomic E-state index is -0.917. The van der Waals surface area contributed by atoms with Gasteiger partial charge in [-0.15, -0.1) is 24.8 Å². The van der Waals surface area contributed by atoms with Gasteiger partial charge < -0.3 is 4.55 Å². The van der Waals surface area contributed by atoms with Crippen LogP contribution in [0.15, 0.2) is 77.7 Å². The largest absolute Gasteiger partial charge is 0.611 e. The highest BCUT2D eigenvalue weighted by atomic mass is 35.5. The topological polar surface area (TPSA) is 29.5 Å². The molecule has 0 aliphatic carbocycles. The summed E-state index contributed by atoms with van der Waals surface area (Å²) >= 11 is 5.43. The van der Waals surface area contributed by atoms with Gasteiger partial charge >= 0.3 is 0 Å². The number of fused-ring (bicyclic) bond motifs is 1. The molecule has 1 unspecified atom stereocenters. The molecule has 0 amide bonds. The zero-order chi connectivity index (χ0) is 24.7. The van der Waals surface area contributed by atoms with Crippen molar-refractivity contribution in [1.82, 2.24) is 9.80 Å². The summed E-state index contributed by atoms with van der Waals surface area (Å²) in [5.41, 5.74) is 5.41. The first-order chi connectivity index (χ1) is 17.6. The van der Waals surface area contributed by atoms with Gasteiger partial charge in [0.25, 0.3) is 0 Å². The van der Waals surface area contributed by atoms with Gasteiger partial charge in [-0.25, -0.2) is 0 Å². The maximum absolute atomic E-state index is 13.2. The Kier molecular flexibility index (Phi) is 12.8. The lowest BCUT2D eigenvalue weighted by atomic mass is 9.94. The van der Waals surface area contributed by atoms with Crippen LogP contribution in [0.5, 0.6) is 0 Å². The normalized spacial score (nSPS) is 17.5. The van der Waals surface area contributed by atoms with E-state index in [-0.39, 0.29) is 24.8 Å². The molecule has 206 valence electrons. The predicted molar refractivity (Wildman–Crippen MR) is 165 cm³/mol. The third-order valence-corrected chi connectivity index (χ3v) is 9.61. The van der Waals surface area contributed by atoms with Crippen molar-refractivity contribution in [2.45, 2.75) is 50.1 Å². The Labute approximate surface area is 249 Å². The fraction of sp³-hybridized carbons (Fsp3) is 0.419. The van der Waals surface area contributed by atoms with Crippen LogP contribution in [0, 0.1) is 5.92 Å². The highest BCUT2D eigenvalue weighted by Crippen LogP contribution is 2.27. The van der Waals surface area contributed by atoms with Gasteiger partial charge in [-0.1, -0.05) is 66.2 Å². The molecule has 0 bridgehead atoms. The molecule has 3 aromatic carbocycles. The summed E-state index contributed by atoms with van der Waals surface area (Å²) in [5, 5.41) is 0.861. The summed E-state index contributed by atoms with van der Waals surface area (Å²) in [5.74, 6) is 1.44. The molecule has 2 aliphatic heterocycles. The van der Waals surface area contributed by atoms with Crippen LogP contribution in [0.1, 0.15) is 41.5 Å². The monoisotopic (exact) mass is 592 g/mol. The average Bonchev–Trinajstić information content (AvgIpc) is 3.12. The molecule has 0 radical (unpaired) electrons. The van der Waals surface area contributed by atoms with Gasteiger partial charge in [0.1, 0.15) is 5.75 Å². The van der Waals surface area contributed by atoms with E-state index >= 15 is 0 Å². The van der Waals surface area contributed by atoms with Crippen LogP contribution in [-0.4, -0.2) is 46.3 Å². The lowest BCUT2D eigenvalue weighted by Crippen LogP contribution is -2.33. The van der Waals surface area contributed by atoms with E-state index < -0.39 is 11.2 Å². The third kappa shape index (κ3) is 8.63. The van der Waals surface area contributed by atoms with E-state index in [2.05, 4.69) is 70.5 Å². The van der Waals surface area contributed by atoms with E-state index in [9.17, 15) is 4.55 Å². The van der Waals surface area contributed by atoms with E-state index in [0.717, 1.165) is 74.2 Å². The molecular weight excluding hydrogens is 555 g/mol. The van der Waals surface area contributed by atoms with Gasteiger partial charge in [-0.2, -0.15) is 0 Å². The fourth-order valence-corrected chi connectivity index (χ4v) is 7.05. The van der Waals surface area contributed by atoms with Crippen LogP contribution in [0.3, 0.4) is 0 Å². The summed E-state index contributed by atoms with van der Waals surface area (Å²) < 4.78 is 13.2. The first-order valence-electron chi connectivity index (χ1n) is 13.4. The Bertz CT molecular complexity index is 1130. The lowest BCUT2D eigenvalue weighted by molar-refractivity contribution is 0.175. The van der Waals surface area contributed by atoms with Crippen molar-refractivity contribution in [1.29, 1.82) is 0 Å². The minimum Gasteiger partial charge on any atom is -0.611 e. The number of likely N-dealkylation sites (tertiary alicyclic amines) is 1. The highest BCUT2D eigenvalue weighted by Gasteiger charge is 2.23.